The third-order valence-electron chi connectivity index (χ3n) is 3.88. The molecule has 2 heterocycles. The number of aromatic nitrogens is 1. The fraction of sp³-hybridized carbons (Fsp3) is 0.357. The average molecular weight is 210 g/mol. The van der Waals surface area contributed by atoms with Gasteiger partial charge in [0.1, 0.15) is 0 Å². The summed E-state index contributed by atoms with van der Waals surface area (Å²) in [5.74, 6) is 0. The standard InChI is InChI=1S/C14H14N2/c1-3-10-9-15-7-8-16-13-6-2-4-11(13)12(5-1)14(10)16/h1,3,5,7H,2,4,6,8-9H2. The highest BCUT2D eigenvalue weighted by atomic mass is 15.0. The topological polar surface area (TPSA) is 17.3 Å². The van der Waals surface area contributed by atoms with Gasteiger partial charge in [0, 0.05) is 17.3 Å². The van der Waals surface area contributed by atoms with Gasteiger partial charge in [-0.3, -0.25) is 4.99 Å². The molecule has 0 unspecified atom stereocenters. The van der Waals surface area contributed by atoms with E-state index in [1.54, 1.807) is 11.3 Å². The molecular formula is C14H14N2. The fourth-order valence-electron chi connectivity index (χ4n) is 3.24. The predicted molar refractivity (Wildman–Crippen MR) is 66.2 cm³/mol. The molecular weight excluding hydrogens is 196 g/mol. The Morgan fingerprint density at radius 3 is 3.19 bits per heavy atom. The summed E-state index contributed by atoms with van der Waals surface area (Å²) in [4.78, 5) is 4.46. The second kappa shape index (κ2) is 2.97. The molecule has 2 aliphatic rings. The molecule has 0 saturated heterocycles. The molecule has 0 radical (unpaired) electrons. The first-order valence-electron chi connectivity index (χ1n) is 6.05. The van der Waals surface area contributed by atoms with Gasteiger partial charge in [-0.25, -0.2) is 0 Å². The van der Waals surface area contributed by atoms with Gasteiger partial charge < -0.3 is 4.57 Å². The first kappa shape index (κ1) is 8.57. The van der Waals surface area contributed by atoms with Crippen molar-refractivity contribution >= 4 is 17.1 Å². The second-order valence-corrected chi connectivity index (χ2v) is 4.73. The van der Waals surface area contributed by atoms with E-state index in [-0.39, 0.29) is 0 Å². The highest BCUT2D eigenvalue weighted by Gasteiger charge is 2.22. The largest absolute Gasteiger partial charge is 0.339 e. The molecule has 80 valence electrons. The summed E-state index contributed by atoms with van der Waals surface area (Å²) in [5, 5.41) is 1.48. The van der Waals surface area contributed by atoms with Crippen molar-refractivity contribution in [1.82, 2.24) is 4.57 Å². The fourth-order valence-corrected chi connectivity index (χ4v) is 3.24. The summed E-state index contributed by atoms with van der Waals surface area (Å²) in [6.07, 6.45) is 5.90. The lowest BCUT2D eigenvalue weighted by molar-refractivity contribution is 0.808. The minimum Gasteiger partial charge on any atom is -0.339 e. The number of hydrogen-bond donors (Lipinski definition) is 0. The van der Waals surface area contributed by atoms with Gasteiger partial charge in [0.2, 0.25) is 0 Å². The SMILES string of the molecule is C1=NCc2cccc3c4c(n(c23)C1)CCC4. The molecule has 0 fully saturated rings. The Labute approximate surface area is 94.6 Å². The minimum absolute atomic E-state index is 0.847. The van der Waals surface area contributed by atoms with Crippen LogP contribution in [0.2, 0.25) is 0 Å². The van der Waals surface area contributed by atoms with Crippen LogP contribution < -0.4 is 0 Å². The number of para-hydroxylation sites is 1. The van der Waals surface area contributed by atoms with Gasteiger partial charge in [-0.15, -0.1) is 0 Å². The van der Waals surface area contributed by atoms with Crippen molar-refractivity contribution in [2.75, 3.05) is 0 Å². The number of fused-ring (bicyclic) bond motifs is 3. The van der Waals surface area contributed by atoms with Crippen LogP contribution in [0.4, 0.5) is 0 Å². The lowest BCUT2D eigenvalue weighted by Gasteiger charge is -2.06. The van der Waals surface area contributed by atoms with Crippen LogP contribution in [0.1, 0.15) is 23.2 Å². The molecule has 0 amide bonds. The molecule has 0 bridgehead atoms. The molecule has 4 rings (SSSR count). The van der Waals surface area contributed by atoms with Crippen LogP contribution in [-0.2, 0) is 25.9 Å². The molecule has 1 aliphatic heterocycles. The van der Waals surface area contributed by atoms with E-state index in [1.165, 1.54) is 35.7 Å². The second-order valence-electron chi connectivity index (χ2n) is 4.73. The van der Waals surface area contributed by atoms with E-state index < -0.39 is 0 Å². The smallest absolute Gasteiger partial charge is 0.0657 e. The number of aryl methyl sites for hydroxylation is 1. The first-order valence-corrected chi connectivity index (χ1v) is 6.05. The van der Waals surface area contributed by atoms with Gasteiger partial charge in [0.25, 0.3) is 0 Å². The molecule has 0 spiro atoms. The predicted octanol–water partition coefficient (Wildman–Crippen LogP) is 2.71. The lowest BCUT2D eigenvalue weighted by atomic mass is 10.1. The Morgan fingerprint density at radius 1 is 1.19 bits per heavy atom. The maximum absolute atomic E-state index is 4.46. The van der Waals surface area contributed by atoms with Gasteiger partial charge in [-0.2, -0.15) is 0 Å². The van der Waals surface area contributed by atoms with Crippen LogP contribution in [-0.4, -0.2) is 10.8 Å². The van der Waals surface area contributed by atoms with E-state index in [1.807, 2.05) is 0 Å². The summed E-state index contributed by atoms with van der Waals surface area (Å²) in [5.41, 5.74) is 6.01. The van der Waals surface area contributed by atoms with Crippen molar-refractivity contribution in [3.8, 4) is 0 Å². The van der Waals surface area contributed by atoms with Gasteiger partial charge in [-0.05, 0) is 30.4 Å². The van der Waals surface area contributed by atoms with Crippen molar-refractivity contribution in [2.24, 2.45) is 4.99 Å². The molecule has 2 nitrogen and oxygen atoms in total. The van der Waals surface area contributed by atoms with Crippen molar-refractivity contribution in [3.05, 3.63) is 35.0 Å². The molecule has 0 atom stereocenters. The normalized spacial score (nSPS) is 17.8. The Hall–Kier alpha value is -1.57. The van der Waals surface area contributed by atoms with E-state index in [9.17, 15) is 0 Å². The first-order chi connectivity index (χ1) is 7.95. The van der Waals surface area contributed by atoms with Crippen LogP contribution in [0.25, 0.3) is 10.9 Å². The number of benzene rings is 1. The maximum atomic E-state index is 4.46. The Balaban J connectivity index is 2.19. The number of hydrogen-bond acceptors (Lipinski definition) is 1. The number of aliphatic imine (C=N–C) groups is 1. The quantitative estimate of drug-likeness (QED) is 0.636. The summed E-state index contributed by atoms with van der Waals surface area (Å²) < 4.78 is 2.49. The molecule has 2 aromatic rings. The minimum atomic E-state index is 0.847. The highest BCUT2D eigenvalue weighted by Crippen LogP contribution is 2.35. The average Bonchev–Trinajstić information content (AvgIpc) is 2.80. The number of nitrogens with zero attached hydrogens (tertiary/aromatic N) is 2. The molecule has 1 aliphatic carbocycles. The molecule has 0 saturated carbocycles. The van der Waals surface area contributed by atoms with Crippen molar-refractivity contribution in [2.45, 2.75) is 32.4 Å². The van der Waals surface area contributed by atoms with E-state index in [0.29, 0.717) is 0 Å². The Bertz CT molecular complexity index is 605. The third-order valence-corrected chi connectivity index (χ3v) is 3.88. The van der Waals surface area contributed by atoms with E-state index in [2.05, 4.69) is 34.0 Å². The highest BCUT2D eigenvalue weighted by molar-refractivity contribution is 5.90. The van der Waals surface area contributed by atoms with E-state index >= 15 is 0 Å². The zero-order valence-electron chi connectivity index (χ0n) is 9.24. The summed E-state index contributed by atoms with van der Waals surface area (Å²) in [7, 11) is 0. The zero-order valence-corrected chi connectivity index (χ0v) is 9.24. The van der Waals surface area contributed by atoms with Gasteiger partial charge in [0.05, 0.1) is 18.6 Å². The summed E-state index contributed by atoms with van der Waals surface area (Å²) in [6.45, 7) is 1.81. The summed E-state index contributed by atoms with van der Waals surface area (Å²) >= 11 is 0. The molecule has 2 heteroatoms. The lowest BCUT2D eigenvalue weighted by Crippen LogP contribution is -2.02. The van der Waals surface area contributed by atoms with Gasteiger partial charge in [-0.1, -0.05) is 18.2 Å². The Morgan fingerprint density at radius 2 is 2.19 bits per heavy atom. The third kappa shape index (κ3) is 0.946. The molecule has 1 aromatic heterocycles. The van der Waals surface area contributed by atoms with E-state index in [4.69, 9.17) is 0 Å². The Kier molecular flexibility index (Phi) is 1.59. The van der Waals surface area contributed by atoms with Crippen molar-refractivity contribution in [3.63, 3.8) is 0 Å². The monoisotopic (exact) mass is 210 g/mol. The maximum Gasteiger partial charge on any atom is 0.0657 e. The van der Waals surface area contributed by atoms with Gasteiger partial charge >= 0.3 is 0 Å². The van der Waals surface area contributed by atoms with Crippen molar-refractivity contribution in [1.29, 1.82) is 0 Å². The number of rotatable bonds is 0. The van der Waals surface area contributed by atoms with Crippen LogP contribution in [0.3, 0.4) is 0 Å². The zero-order chi connectivity index (χ0) is 10.5. The van der Waals surface area contributed by atoms with Crippen LogP contribution in [0.5, 0.6) is 0 Å². The molecule has 1 aromatic carbocycles. The van der Waals surface area contributed by atoms with E-state index in [0.717, 1.165) is 13.1 Å². The van der Waals surface area contributed by atoms with Crippen LogP contribution >= 0.6 is 0 Å². The summed E-state index contributed by atoms with van der Waals surface area (Å²) in [6, 6.07) is 6.68. The van der Waals surface area contributed by atoms with Crippen LogP contribution in [0.15, 0.2) is 23.2 Å². The molecule has 16 heavy (non-hydrogen) atoms. The van der Waals surface area contributed by atoms with Crippen LogP contribution in [0, 0.1) is 0 Å². The van der Waals surface area contributed by atoms with Gasteiger partial charge in [0.15, 0.2) is 0 Å². The van der Waals surface area contributed by atoms with Crippen molar-refractivity contribution < 1.29 is 0 Å². The molecule has 0 N–H and O–H groups in total.